The predicted molar refractivity (Wildman–Crippen MR) is 92.9 cm³/mol. The van der Waals surface area contributed by atoms with E-state index in [2.05, 4.69) is 20.8 Å². The van der Waals surface area contributed by atoms with Crippen molar-refractivity contribution in [2.45, 2.75) is 16.2 Å². The molecule has 11 heteroatoms. The molecule has 2 atom stereocenters. The highest BCUT2D eigenvalue weighted by molar-refractivity contribution is 7.99. The molecule has 0 radical (unpaired) electrons. The van der Waals surface area contributed by atoms with Crippen molar-refractivity contribution in [2.75, 3.05) is 19.6 Å². The Balaban J connectivity index is 1.74. The number of aromatic nitrogens is 3. The number of carbonyl (C=O) groups is 1. The quantitative estimate of drug-likeness (QED) is 0.479. The van der Waals surface area contributed by atoms with Gasteiger partial charge in [-0.15, -0.1) is 10.2 Å². The molecule has 2 aromatic rings. The molecule has 0 bridgehead atoms. The van der Waals surface area contributed by atoms with Crippen LogP contribution in [0.4, 0.5) is 5.69 Å². The van der Waals surface area contributed by atoms with Gasteiger partial charge >= 0.3 is 0 Å². The zero-order valence-electron chi connectivity index (χ0n) is 14.0. The van der Waals surface area contributed by atoms with Gasteiger partial charge in [-0.05, 0) is 23.9 Å². The van der Waals surface area contributed by atoms with E-state index < -0.39 is 16.9 Å². The molecule has 1 fully saturated rings. The summed E-state index contributed by atoms with van der Waals surface area (Å²) in [6, 6.07) is 4.31. The first-order valence-electron chi connectivity index (χ1n) is 7.93. The third kappa shape index (κ3) is 4.00. The second-order valence-electron chi connectivity index (χ2n) is 5.96. The van der Waals surface area contributed by atoms with E-state index in [0.29, 0.717) is 29.7 Å². The Labute approximate surface area is 153 Å². The Kier molecular flexibility index (Phi) is 5.49. The van der Waals surface area contributed by atoms with Crippen molar-refractivity contribution in [2.24, 2.45) is 13.0 Å². The van der Waals surface area contributed by atoms with Crippen LogP contribution in [0.5, 0.6) is 0 Å². The lowest BCUT2D eigenvalue weighted by Gasteiger charge is -2.14. The summed E-state index contributed by atoms with van der Waals surface area (Å²) >= 11 is 1.10. The largest absolute Gasteiger partial charge is 0.391 e. The third-order valence-electron chi connectivity index (χ3n) is 4.12. The summed E-state index contributed by atoms with van der Waals surface area (Å²) in [5, 5.41) is 35.0. The van der Waals surface area contributed by atoms with E-state index in [4.69, 9.17) is 0 Å². The summed E-state index contributed by atoms with van der Waals surface area (Å²) in [6.45, 7) is 1.42. The van der Waals surface area contributed by atoms with Crippen LogP contribution in [0.25, 0.3) is 0 Å². The van der Waals surface area contributed by atoms with Crippen LogP contribution in [-0.4, -0.2) is 56.4 Å². The van der Waals surface area contributed by atoms with Crippen LogP contribution in [0.3, 0.4) is 0 Å². The summed E-state index contributed by atoms with van der Waals surface area (Å²) in [4.78, 5) is 23.5. The maximum atomic E-state index is 12.3. The van der Waals surface area contributed by atoms with Gasteiger partial charge in [0.25, 0.3) is 11.6 Å². The molecule has 1 aliphatic rings. The SMILES string of the molecule is Cn1cnnc1Sc1ccc(C(=O)NCC2CNCC2O)cc1[N+](=O)[O-]. The highest BCUT2D eigenvalue weighted by Gasteiger charge is 2.26. The third-order valence-corrected chi connectivity index (χ3v) is 5.24. The molecule has 1 aromatic carbocycles. The maximum Gasteiger partial charge on any atom is 0.284 e. The van der Waals surface area contributed by atoms with E-state index in [0.717, 1.165) is 11.8 Å². The number of carbonyl (C=O) groups excluding carboxylic acids is 1. The number of rotatable bonds is 6. The lowest BCUT2D eigenvalue weighted by Crippen LogP contribution is -2.34. The lowest BCUT2D eigenvalue weighted by molar-refractivity contribution is -0.387. The van der Waals surface area contributed by atoms with Crippen molar-refractivity contribution < 1.29 is 14.8 Å². The fourth-order valence-corrected chi connectivity index (χ4v) is 3.45. The smallest absolute Gasteiger partial charge is 0.284 e. The van der Waals surface area contributed by atoms with E-state index >= 15 is 0 Å². The maximum absolute atomic E-state index is 12.3. The molecule has 10 nitrogen and oxygen atoms in total. The second-order valence-corrected chi connectivity index (χ2v) is 6.97. The molecule has 2 unspecified atom stereocenters. The highest BCUT2D eigenvalue weighted by Crippen LogP contribution is 2.34. The molecule has 1 aromatic heterocycles. The first-order valence-corrected chi connectivity index (χ1v) is 8.74. The van der Waals surface area contributed by atoms with Crippen LogP contribution in [0.2, 0.25) is 0 Å². The average molecular weight is 378 g/mol. The van der Waals surface area contributed by atoms with Crippen molar-refractivity contribution in [3.63, 3.8) is 0 Å². The van der Waals surface area contributed by atoms with Crippen molar-refractivity contribution in [1.82, 2.24) is 25.4 Å². The van der Waals surface area contributed by atoms with Gasteiger partial charge in [0.1, 0.15) is 6.33 Å². The highest BCUT2D eigenvalue weighted by atomic mass is 32.2. The topological polar surface area (TPSA) is 135 Å². The van der Waals surface area contributed by atoms with E-state index in [1.807, 2.05) is 0 Å². The van der Waals surface area contributed by atoms with Crippen LogP contribution in [0.15, 0.2) is 34.6 Å². The molecule has 3 N–H and O–H groups in total. The Morgan fingerprint density at radius 2 is 2.35 bits per heavy atom. The standard InChI is InChI=1S/C15H18N6O4S/c1-20-8-18-19-15(20)26-13-3-2-9(4-11(13)21(24)25)14(23)17-6-10-5-16-7-12(10)22/h2-4,8,10,12,16,22H,5-7H2,1H3,(H,17,23). The van der Waals surface area contributed by atoms with Gasteiger partial charge in [0.15, 0.2) is 5.16 Å². The van der Waals surface area contributed by atoms with Crippen LogP contribution in [-0.2, 0) is 7.05 Å². The van der Waals surface area contributed by atoms with Gasteiger partial charge in [0.2, 0.25) is 0 Å². The molecule has 26 heavy (non-hydrogen) atoms. The number of nitrogens with one attached hydrogen (secondary N) is 2. The van der Waals surface area contributed by atoms with Crippen molar-refractivity contribution in [3.05, 3.63) is 40.2 Å². The summed E-state index contributed by atoms with van der Waals surface area (Å²) in [7, 11) is 1.74. The van der Waals surface area contributed by atoms with Crippen molar-refractivity contribution >= 4 is 23.4 Å². The van der Waals surface area contributed by atoms with Crippen molar-refractivity contribution in [3.8, 4) is 0 Å². The van der Waals surface area contributed by atoms with E-state index in [1.165, 1.54) is 24.5 Å². The molecule has 1 aliphatic heterocycles. The monoisotopic (exact) mass is 378 g/mol. The number of nitro benzene ring substituents is 1. The molecule has 0 saturated carbocycles. The summed E-state index contributed by atoms with van der Waals surface area (Å²) < 4.78 is 1.65. The van der Waals surface area contributed by atoms with Gasteiger partial charge in [0.05, 0.1) is 15.9 Å². The minimum Gasteiger partial charge on any atom is -0.391 e. The zero-order valence-corrected chi connectivity index (χ0v) is 14.8. The number of hydrogen-bond acceptors (Lipinski definition) is 8. The van der Waals surface area contributed by atoms with Crippen molar-refractivity contribution in [1.29, 1.82) is 0 Å². The van der Waals surface area contributed by atoms with E-state index in [1.54, 1.807) is 11.6 Å². The van der Waals surface area contributed by atoms with Crippen LogP contribution in [0, 0.1) is 16.0 Å². The van der Waals surface area contributed by atoms with Gasteiger partial charge in [-0.3, -0.25) is 14.9 Å². The summed E-state index contributed by atoms with van der Waals surface area (Å²) in [5.41, 5.74) is 0.0210. The molecule has 1 saturated heterocycles. The van der Waals surface area contributed by atoms with Gasteiger partial charge < -0.3 is 20.3 Å². The minimum absolute atomic E-state index is 0.0697. The first kappa shape index (κ1) is 18.3. The molecule has 2 heterocycles. The van der Waals surface area contributed by atoms with Crippen LogP contribution in [0.1, 0.15) is 10.4 Å². The molecule has 0 aliphatic carbocycles. The number of β-amino-alcohol motifs (C(OH)–C–C–N with tert-alkyl or cyclic N) is 1. The zero-order chi connectivity index (χ0) is 18.7. The number of aryl methyl sites for hydroxylation is 1. The Morgan fingerprint density at radius 1 is 1.54 bits per heavy atom. The molecular formula is C15H18N6O4S. The number of nitrogens with zero attached hydrogens (tertiary/aromatic N) is 4. The lowest BCUT2D eigenvalue weighted by atomic mass is 10.1. The number of nitro groups is 1. The van der Waals surface area contributed by atoms with Crippen LogP contribution < -0.4 is 10.6 Å². The van der Waals surface area contributed by atoms with Gasteiger partial charge in [-0.1, -0.05) is 0 Å². The Hall–Kier alpha value is -2.50. The number of aliphatic hydroxyl groups excluding tert-OH is 1. The second kappa shape index (κ2) is 7.81. The minimum atomic E-state index is -0.528. The van der Waals surface area contributed by atoms with E-state index in [9.17, 15) is 20.0 Å². The number of amides is 1. The molecule has 3 rings (SSSR count). The molecular weight excluding hydrogens is 360 g/mol. The van der Waals surface area contributed by atoms with Crippen LogP contribution >= 0.6 is 11.8 Å². The number of benzene rings is 1. The predicted octanol–water partition coefficient (Wildman–Crippen LogP) is 0.185. The number of hydrogen-bond donors (Lipinski definition) is 3. The van der Waals surface area contributed by atoms with Gasteiger partial charge in [-0.2, -0.15) is 0 Å². The summed E-state index contributed by atoms with van der Waals surface area (Å²) in [5.74, 6) is -0.484. The van der Waals surface area contributed by atoms with Gasteiger partial charge in [-0.25, -0.2) is 0 Å². The molecule has 1 amide bonds. The number of aliphatic hydroxyl groups is 1. The summed E-state index contributed by atoms with van der Waals surface area (Å²) in [6.07, 6.45) is 0.997. The average Bonchev–Trinajstić information content (AvgIpc) is 3.21. The Bertz CT molecular complexity index is 826. The van der Waals surface area contributed by atoms with Gasteiger partial charge in [0, 0.05) is 44.2 Å². The first-order chi connectivity index (χ1) is 12.5. The Morgan fingerprint density at radius 3 is 2.96 bits per heavy atom. The fraction of sp³-hybridized carbons (Fsp3) is 0.400. The molecule has 138 valence electrons. The molecule has 0 spiro atoms. The fourth-order valence-electron chi connectivity index (χ4n) is 2.60. The normalized spacial score (nSPS) is 19.5. The van der Waals surface area contributed by atoms with E-state index in [-0.39, 0.29) is 17.2 Å².